The summed E-state index contributed by atoms with van der Waals surface area (Å²) in [4.78, 5) is 38.0. The van der Waals surface area contributed by atoms with Crippen LogP contribution in [0, 0.1) is 5.41 Å². The van der Waals surface area contributed by atoms with Gasteiger partial charge in [0.2, 0.25) is 11.8 Å². The minimum Gasteiger partial charge on any atom is -0.497 e. The smallest absolute Gasteiger partial charge is 0.307 e. The monoisotopic (exact) mass is 395 g/mol. The molecule has 1 fully saturated rings. The first-order valence-electron chi connectivity index (χ1n) is 9.53. The molecule has 1 unspecified atom stereocenters. The van der Waals surface area contributed by atoms with Crippen LogP contribution < -0.4 is 4.74 Å². The zero-order chi connectivity index (χ0) is 21.2. The van der Waals surface area contributed by atoms with Crippen molar-refractivity contribution in [2.75, 3.05) is 7.11 Å². The Labute approximate surface area is 170 Å². The van der Waals surface area contributed by atoms with E-state index in [2.05, 4.69) is 0 Å². The van der Waals surface area contributed by atoms with Gasteiger partial charge in [-0.1, -0.05) is 43.3 Å². The van der Waals surface area contributed by atoms with Gasteiger partial charge in [-0.25, -0.2) is 0 Å². The number of aliphatic carboxylic acids is 1. The number of carbonyl (C=O) groups excluding carboxylic acids is 2. The number of amides is 2. The molecule has 3 rings (SSSR count). The molecule has 2 amide bonds. The van der Waals surface area contributed by atoms with Crippen LogP contribution in [-0.2, 0) is 27.3 Å². The van der Waals surface area contributed by atoms with Crippen LogP contribution in [0.15, 0.2) is 48.5 Å². The molecule has 1 N–H and O–H groups in total. The van der Waals surface area contributed by atoms with Gasteiger partial charge in [0.15, 0.2) is 0 Å². The summed E-state index contributed by atoms with van der Waals surface area (Å²) in [6.07, 6.45) is 0.110. The molecule has 1 aliphatic heterocycles. The first-order chi connectivity index (χ1) is 13.7. The number of hydrogen-bond donors (Lipinski definition) is 1. The van der Waals surface area contributed by atoms with E-state index in [0.29, 0.717) is 5.56 Å². The van der Waals surface area contributed by atoms with Gasteiger partial charge in [0.25, 0.3) is 0 Å². The van der Waals surface area contributed by atoms with Crippen LogP contribution >= 0.6 is 0 Å². The molecule has 0 radical (unpaired) electrons. The number of carboxylic acids is 1. The fourth-order valence-corrected chi connectivity index (χ4v) is 3.79. The fraction of sp³-hybridized carbons (Fsp3) is 0.348. The maximum absolute atomic E-state index is 13.2. The maximum atomic E-state index is 13.2. The number of ether oxygens (including phenoxy) is 1. The number of carboxylic acid groups (broad SMARTS) is 1. The highest BCUT2D eigenvalue weighted by Crippen LogP contribution is 2.45. The van der Waals surface area contributed by atoms with Crippen LogP contribution in [-0.4, -0.2) is 34.9 Å². The summed E-state index contributed by atoms with van der Waals surface area (Å²) in [5.74, 6) is -0.706. The SMILES string of the molecule is COc1ccc(CN2C(=O)C[C@@](C)(C(C)c3ccc(CC(=O)O)cc3)C2=O)cc1. The van der Waals surface area contributed by atoms with E-state index >= 15 is 0 Å². The standard InChI is InChI=1S/C23H25NO5/c1-15(18-8-4-16(5-9-18)12-21(26)27)23(2)13-20(25)24(22(23)28)14-17-6-10-19(29-3)11-7-17/h4-11,15H,12-14H2,1-3H3,(H,26,27)/t15?,23-/m0/s1. The van der Waals surface area contributed by atoms with E-state index in [4.69, 9.17) is 9.84 Å². The van der Waals surface area contributed by atoms with Crippen molar-refractivity contribution < 1.29 is 24.2 Å². The molecule has 1 aliphatic rings. The number of imide groups is 1. The molecule has 0 spiro atoms. The predicted octanol–water partition coefficient (Wildman–Crippen LogP) is 3.39. The van der Waals surface area contributed by atoms with E-state index in [1.165, 1.54) is 4.90 Å². The number of carbonyl (C=O) groups is 3. The predicted molar refractivity (Wildman–Crippen MR) is 107 cm³/mol. The number of nitrogens with zero attached hydrogens (tertiary/aromatic N) is 1. The van der Waals surface area contributed by atoms with Gasteiger partial charge in [-0.15, -0.1) is 0 Å². The van der Waals surface area contributed by atoms with Crippen LogP contribution in [0.4, 0.5) is 0 Å². The molecule has 1 heterocycles. The van der Waals surface area contributed by atoms with Gasteiger partial charge >= 0.3 is 5.97 Å². The Balaban J connectivity index is 1.77. The van der Waals surface area contributed by atoms with E-state index in [1.807, 2.05) is 38.1 Å². The lowest BCUT2D eigenvalue weighted by Gasteiger charge is -2.29. The highest BCUT2D eigenvalue weighted by Gasteiger charge is 2.51. The molecular formula is C23H25NO5. The van der Waals surface area contributed by atoms with Crippen molar-refractivity contribution in [3.8, 4) is 5.75 Å². The number of likely N-dealkylation sites (tertiary alicyclic amines) is 1. The average molecular weight is 395 g/mol. The lowest BCUT2D eigenvalue weighted by molar-refractivity contribution is -0.142. The fourth-order valence-electron chi connectivity index (χ4n) is 3.79. The summed E-state index contributed by atoms with van der Waals surface area (Å²) >= 11 is 0. The highest BCUT2D eigenvalue weighted by molar-refractivity contribution is 6.06. The van der Waals surface area contributed by atoms with Crippen molar-refractivity contribution in [2.45, 2.75) is 39.2 Å². The van der Waals surface area contributed by atoms with Gasteiger partial charge in [-0.3, -0.25) is 19.3 Å². The second-order valence-electron chi connectivity index (χ2n) is 7.76. The number of benzene rings is 2. The number of rotatable bonds is 7. The van der Waals surface area contributed by atoms with Crippen molar-refractivity contribution in [1.82, 2.24) is 4.90 Å². The van der Waals surface area contributed by atoms with Gasteiger partial charge in [0.05, 0.1) is 25.5 Å². The van der Waals surface area contributed by atoms with Crippen LogP contribution in [0.5, 0.6) is 5.75 Å². The van der Waals surface area contributed by atoms with E-state index in [0.717, 1.165) is 16.9 Å². The minimum absolute atomic E-state index is 0.0427. The van der Waals surface area contributed by atoms with Crippen LogP contribution in [0.3, 0.4) is 0 Å². The Morgan fingerprint density at radius 2 is 1.69 bits per heavy atom. The largest absolute Gasteiger partial charge is 0.497 e. The third kappa shape index (κ3) is 4.16. The lowest BCUT2D eigenvalue weighted by atomic mass is 9.73. The minimum atomic E-state index is -0.886. The van der Waals surface area contributed by atoms with Crippen molar-refractivity contribution >= 4 is 17.8 Å². The summed E-state index contributed by atoms with van der Waals surface area (Å²) in [7, 11) is 1.59. The Bertz CT molecular complexity index is 919. The van der Waals surface area contributed by atoms with E-state index < -0.39 is 11.4 Å². The van der Waals surface area contributed by atoms with Gasteiger partial charge in [0, 0.05) is 6.42 Å². The molecule has 29 heavy (non-hydrogen) atoms. The summed E-state index contributed by atoms with van der Waals surface area (Å²) in [6, 6.07) is 14.5. The molecule has 2 atom stereocenters. The second kappa shape index (κ2) is 8.07. The summed E-state index contributed by atoms with van der Waals surface area (Å²) in [5, 5.41) is 8.91. The Hall–Kier alpha value is -3.15. The molecule has 2 aromatic rings. The van der Waals surface area contributed by atoms with Crippen molar-refractivity contribution in [2.24, 2.45) is 5.41 Å². The zero-order valence-corrected chi connectivity index (χ0v) is 16.8. The molecular weight excluding hydrogens is 370 g/mol. The molecule has 6 nitrogen and oxygen atoms in total. The van der Waals surface area contributed by atoms with Gasteiger partial charge in [0.1, 0.15) is 5.75 Å². The zero-order valence-electron chi connectivity index (χ0n) is 16.8. The van der Waals surface area contributed by atoms with Crippen LogP contribution in [0.25, 0.3) is 0 Å². The topological polar surface area (TPSA) is 83.9 Å². The third-order valence-corrected chi connectivity index (χ3v) is 5.84. The number of hydrogen-bond acceptors (Lipinski definition) is 4. The molecule has 1 saturated heterocycles. The third-order valence-electron chi connectivity index (χ3n) is 5.84. The van der Waals surface area contributed by atoms with Gasteiger partial charge < -0.3 is 9.84 Å². The summed E-state index contributed by atoms with van der Waals surface area (Å²) in [6.45, 7) is 4.01. The van der Waals surface area contributed by atoms with Gasteiger partial charge in [-0.2, -0.15) is 0 Å². The first kappa shape index (κ1) is 20.6. The van der Waals surface area contributed by atoms with Crippen molar-refractivity contribution in [1.29, 1.82) is 0 Å². The quantitative estimate of drug-likeness (QED) is 0.727. The van der Waals surface area contributed by atoms with Crippen LogP contribution in [0.1, 0.15) is 42.9 Å². The van der Waals surface area contributed by atoms with Crippen molar-refractivity contribution in [3.63, 3.8) is 0 Å². The van der Waals surface area contributed by atoms with E-state index in [1.54, 1.807) is 31.4 Å². The molecule has 0 aromatic heterocycles. The Morgan fingerprint density at radius 1 is 1.10 bits per heavy atom. The van der Waals surface area contributed by atoms with E-state index in [9.17, 15) is 14.4 Å². The molecule has 152 valence electrons. The molecule has 0 bridgehead atoms. The average Bonchev–Trinajstić information content (AvgIpc) is 2.92. The van der Waals surface area contributed by atoms with Gasteiger partial charge in [-0.05, 0) is 41.7 Å². The normalized spacial score (nSPS) is 20.0. The second-order valence-corrected chi connectivity index (χ2v) is 7.76. The Kier molecular flexibility index (Phi) is 5.73. The molecule has 0 saturated carbocycles. The Morgan fingerprint density at radius 3 is 2.24 bits per heavy atom. The molecule has 0 aliphatic carbocycles. The maximum Gasteiger partial charge on any atom is 0.307 e. The highest BCUT2D eigenvalue weighted by atomic mass is 16.5. The van der Waals surface area contributed by atoms with Crippen LogP contribution in [0.2, 0.25) is 0 Å². The summed E-state index contributed by atoms with van der Waals surface area (Å²) in [5.41, 5.74) is 1.64. The van der Waals surface area contributed by atoms with Crippen molar-refractivity contribution in [3.05, 3.63) is 65.2 Å². The molecule has 6 heteroatoms. The first-order valence-corrected chi connectivity index (χ1v) is 9.53. The number of methoxy groups -OCH3 is 1. The lowest BCUT2D eigenvalue weighted by Crippen LogP contribution is -2.36. The summed E-state index contributed by atoms with van der Waals surface area (Å²) < 4.78 is 5.14. The molecule has 2 aromatic carbocycles. The van der Waals surface area contributed by atoms with E-state index in [-0.39, 0.29) is 37.1 Å².